The summed E-state index contributed by atoms with van der Waals surface area (Å²) in [6, 6.07) is 8.91. The van der Waals surface area contributed by atoms with Crippen molar-refractivity contribution in [2.45, 2.75) is 51.0 Å². The van der Waals surface area contributed by atoms with E-state index in [1.54, 1.807) is 0 Å². The number of aliphatic hydroxyl groups excluding tert-OH is 1. The Morgan fingerprint density at radius 3 is 2.55 bits per heavy atom. The van der Waals surface area contributed by atoms with Gasteiger partial charge in [-0.2, -0.15) is 0 Å². The van der Waals surface area contributed by atoms with Gasteiger partial charge in [0.25, 0.3) is 0 Å². The summed E-state index contributed by atoms with van der Waals surface area (Å²) in [5, 5.41) is 13.6. The maximum Gasteiger partial charge on any atom is 0.0434 e. The summed E-state index contributed by atoms with van der Waals surface area (Å²) >= 11 is 5.92. The smallest absolute Gasteiger partial charge is 0.0434 e. The van der Waals surface area contributed by atoms with Gasteiger partial charge in [0.15, 0.2) is 0 Å². The van der Waals surface area contributed by atoms with E-state index in [9.17, 15) is 0 Å². The first kappa shape index (κ1) is 15.8. The second-order valence-electron chi connectivity index (χ2n) is 5.99. The molecule has 1 unspecified atom stereocenters. The van der Waals surface area contributed by atoms with Gasteiger partial charge >= 0.3 is 0 Å². The minimum Gasteiger partial charge on any atom is -0.396 e. The Labute approximate surface area is 127 Å². The summed E-state index contributed by atoms with van der Waals surface area (Å²) in [6.07, 6.45) is 5.78. The van der Waals surface area contributed by atoms with Crippen molar-refractivity contribution >= 4 is 11.6 Å². The Kier molecular flexibility index (Phi) is 6.34. The molecule has 0 aliphatic heterocycles. The Morgan fingerprint density at radius 2 is 1.95 bits per heavy atom. The Bertz CT molecular complexity index is 380. The van der Waals surface area contributed by atoms with Gasteiger partial charge in [-0.25, -0.2) is 0 Å². The van der Waals surface area contributed by atoms with E-state index in [1.807, 2.05) is 12.1 Å². The van der Waals surface area contributed by atoms with Crippen molar-refractivity contribution in [1.82, 2.24) is 5.32 Å². The van der Waals surface area contributed by atoms with Crippen LogP contribution in [0.15, 0.2) is 24.3 Å². The summed E-state index contributed by atoms with van der Waals surface area (Å²) in [5.41, 5.74) is 1.41. The number of hydrogen-bond acceptors (Lipinski definition) is 2. The van der Waals surface area contributed by atoms with Crippen molar-refractivity contribution in [2.24, 2.45) is 5.92 Å². The van der Waals surface area contributed by atoms with Gasteiger partial charge in [0, 0.05) is 17.7 Å². The highest BCUT2D eigenvalue weighted by Crippen LogP contribution is 2.37. The average Bonchev–Trinajstić information content (AvgIpc) is 2.39. The minimum atomic E-state index is 0.310. The molecule has 20 heavy (non-hydrogen) atoms. The summed E-state index contributed by atoms with van der Waals surface area (Å²) in [7, 11) is 0. The molecule has 2 N–H and O–H groups in total. The summed E-state index contributed by atoms with van der Waals surface area (Å²) in [5.74, 6) is 1.31. The average molecular weight is 296 g/mol. The maximum atomic E-state index is 9.07. The van der Waals surface area contributed by atoms with Crippen LogP contribution in [0.25, 0.3) is 0 Å². The molecule has 2 rings (SSSR count). The van der Waals surface area contributed by atoms with Crippen molar-refractivity contribution in [3.05, 3.63) is 34.9 Å². The van der Waals surface area contributed by atoms with E-state index in [0.29, 0.717) is 24.5 Å². The fourth-order valence-electron chi connectivity index (χ4n) is 3.06. The molecule has 3 heteroatoms. The van der Waals surface area contributed by atoms with Crippen LogP contribution < -0.4 is 5.32 Å². The van der Waals surface area contributed by atoms with Gasteiger partial charge in [-0.05, 0) is 61.8 Å². The zero-order valence-corrected chi connectivity index (χ0v) is 13.1. The normalized spacial score (nSPS) is 23.4. The van der Waals surface area contributed by atoms with Crippen LogP contribution in [0, 0.1) is 5.92 Å². The molecule has 0 spiro atoms. The van der Waals surface area contributed by atoms with Crippen molar-refractivity contribution in [3.8, 4) is 0 Å². The molecule has 1 aliphatic carbocycles. The number of halogens is 1. The lowest BCUT2D eigenvalue weighted by Crippen LogP contribution is -2.42. The van der Waals surface area contributed by atoms with Gasteiger partial charge < -0.3 is 10.4 Å². The molecule has 0 radical (unpaired) electrons. The van der Waals surface area contributed by atoms with Gasteiger partial charge in [-0.15, -0.1) is 0 Å². The third-order valence-corrected chi connectivity index (χ3v) is 4.66. The van der Waals surface area contributed by atoms with Crippen LogP contribution in [0.1, 0.15) is 50.5 Å². The summed E-state index contributed by atoms with van der Waals surface area (Å²) in [6.45, 7) is 3.57. The van der Waals surface area contributed by atoms with Gasteiger partial charge in [0.1, 0.15) is 0 Å². The zero-order valence-electron chi connectivity index (χ0n) is 12.3. The molecule has 0 amide bonds. The van der Waals surface area contributed by atoms with Crippen LogP contribution in [-0.4, -0.2) is 24.3 Å². The largest absolute Gasteiger partial charge is 0.396 e. The lowest BCUT2D eigenvalue weighted by atomic mass is 9.75. The Balaban J connectivity index is 1.69. The van der Waals surface area contributed by atoms with Crippen molar-refractivity contribution in [3.63, 3.8) is 0 Å². The highest BCUT2D eigenvalue weighted by atomic mass is 35.5. The third-order valence-electron chi connectivity index (χ3n) is 4.41. The first-order valence-electron chi connectivity index (χ1n) is 7.82. The number of benzene rings is 1. The fraction of sp³-hybridized carbons (Fsp3) is 0.647. The molecule has 2 nitrogen and oxygen atoms in total. The van der Waals surface area contributed by atoms with E-state index in [-0.39, 0.29) is 0 Å². The van der Waals surface area contributed by atoms with Gasteiger partial charge in [-0.3, -0.25) is 0 Å². The zero-order chi connectivity index (χ0) is 14.4. The molecule has 1 saturated carbocycles. The number of hydrogen-bond donors (Lipinski definition) is 2. The second-order valence-corrected chi connectivity index (χ2v) is 6.43. The van der Waals surface area contributed by atoms with Crippen molar-refractivity contribution in [1.29, 1.82) is 0 Å². The van der Waals surface area contributed by atoms with Gasteiger partial charge in [-0.1, -0.05) is 37.1 Å². The van der Waals surface area contributed by atoms with Crippen LogP contribution in [0.5, 0.6) is 0 Å². The monoisotopic (exact) mass is 295 g/mol. The highest BCUT2D eigenvalue weighted by Gasteiger charge is 2.30. The second kappa shape index (κ2) is 8.02. The van der Waals surface area contributed by atoms with E-state index in [0.717, 1.165) is 18.0 Å². The quantitative estimate of drug-likeness (QED) is 0.760. The Morgan fingerprint density at radius 1 is 1.25 bits per heavy atom. The summed E-state index contributed by atoms with van der Waals surface area (Å²) < 4.78 is 0. The van der Waals surface area contributed by atoms with E-state index in [4.69, 9.17) is 16.7 Å². The predicted octanol–water partition coefficient (Wildman–Crippen LogP) is 3.97. The molecule has 0 heterocycles. The fourth-order valence-corrected chi connectivity index (χ4v) is 3.19. The first-order valence-corrected chi connectivity index (χ1v) is 8.20. The van der Waals surface area contributed by atoms with Crippen LogP contribution in [0.3, 0.4) is 0 Å². The van der Waals surface area contributed by atoms with E-state index >= 15 is 0 Å². The van der Waals surface area contributed by atoms with Crippen LogP contribution in [-0.2, 0) is 0 Å². The molecule has 0 aromatic heterocycles. The molecule has 1 aliphatic rings. The number of aliphatic hydroxyl groups is 1. The maximum absolute atomic E-state index is 9.07. The molecular formula is C17H26ClNO. The lowest BCUT2D eigenvalue weighted by Gasteiger charge is -2.37. The lowest BCUT2D eigenvalue weighted by molar-refractivity contribution is 0.228. The van der Waals surface area contributed by atoms with E-state index < -0.39 is 0 Å². The third kappa shape index (κ3) is 4.47. The van der Waals surface area contributed by atoms with Crippen molar-refractivity contribution in [2.75, 3.05) is 13.2 Å². The van der Waals surface area contributed by atoms with Crippen LogP contribution in [0.2, 0.25) is 5.02 Å². The highest BCUT2D eigenvalue weighted by molar-refractivity contribution is 6.30. The van der Waals surface area contributed by atoms with Gasteiger partial charge in [0.2, 0.25) is 0 Å². The predicted molar refractivity (Wildman–Crippen MR) is 85.3 cm³/mol. The summed E-state index contributed by atoms with van der Waals surface area (Å²) in [4.78, 5) is 0. The van der Waals surface area contributed by atoms with Crippen LogP contribution >= 0.6 is 11.6 Å². The molecule has 0 saturated heterocycles. The number of rotatable bonds is 8. The van der Waals surface area contributed by atoms with Crippen LogP contribution in [0.4, 0.5) is 0 Å². The molecule has 1 fully saturated rings. The first-order chi connectivity index (χ1) is 9.72. The molecule has 1 aromatic carbocycles. The van der Waals surface area contributed by atoms with Crippen molar-refractivity contribution < 1.29 is 5.11 Å². The molecule has 1 atom stereocenters. The molecular weight excluding hydrogens is 270 g/mol. The van der Waals surface area contributed by atoms with Gasteiger partial charge in [0.05, 0.1) is 0 Å². The van der Waals surface area contributed by atoms with E-state index in [1.165, 1.54) is 31.2 Å². The molecule has 0 bridgehead atoms. The number of nitrogens with one attached hydrogen (secondary N) is 1. The Hall–Kier alpha value is -0.570. The minimum absolute atomic E-state index is 0.310. The SMILES string of the molecule is CCCC(CCO)CNC1CC(c2ccc(Cl)cc2)C1. The topological polar surface area (TPSA) is 32.3 Å². The standard InChI is InChI=1S/C17H26ClNO/c1-2-3-13(8-9-20)12-19-17-10-15(11-17)14-4-6-16(18)7-5-14/h4-7,13,15,17,19-20H,2-3,8-12H2,1H3. The van der Waals surface area contributed by atoms with E-state index in [2.05, 4.69) is 24.4 Å². The molecule has 112 valence electrons. The molecule has 1 aromatic rings.